The molecular formula is C9H19ClN2O3S. The summed E-state index contributed by atoms with van der Waals surface area (Å²) in [5.74, 6) is 1.02. The van der Waals surface area contributed by atoms with Gasteiger partial charge < -0.3 is 10.1 Å². The van der Waals surface area contributed by atoms with Gasteiger partial charge in [-0.05, 0) is 31.8 Å². The van der Waals surface area contributed by atoms with Crippen molar-refractivity contribution in [1.29, 1.82) is 0 Å². The zero-order chi connectivity index (χ0) is 11.1. The van der Waals surface area contributed by atoms with Crippen LogP contribution in [-0.2, 0) is 14.8 Å². The Bertz CT molecular complexity index is 326. The number of hydrogen-bond donors (Lipinski definition) is 2. The lowest BCUT2D eigenvalue weighted by atomic mass is 10.4. The van der Waals surface area contributed by atoms with Crippen LogP contribution in [-0.4, -0.2) is 46.5 Å². The fourth-order valence-corrected chi connectivity index (χ4v) is 3.50. The number of nitrogens with one attached hydrogen (secondary N) is 2. The molecule has 2 fully saturated rings. The number of methoxy groups -OCH3 is 1. The molecule has 3 unspecified atom stereocenters. The van der Waals surface area contributed by atoms with E-state index in [1.807, 2.05) is 0 Å². The van der Waals surface area contributed by atoms with E-state index in [0.29, 0.717) is 11.8 Å². The molecule has 3 atom stereocenters. The van der Waals surface area contributed by atoms with Crippen molar-refractivity contribution >= 4 is 22.4 Å². The number of piperidine rings is 1. The number of rotatable bonds is 5. The smallest absolute Gasteiger partial charge is 0.216 e. The molecule has 1 saturated carbocycles. The van der Waals surface area contributed by atoms with Gasteiger partial charge in [0.1, 0.15) is 0 Å². The van der Waals surface area contributed by atoms with Crippen LogP contribution in [0.2, 0.25) is 0 Å². The van der Waals surface area contributed by atoms with E-state index in [2.05, 4.69) is 10.0 Å². The maximum Gasteiger partial charge on any atom is 0.216 e. The highest BCUT2D eigenvalue weighted by molar-refractivity contribution is 7.90. The topological polar surface area (TPSA) is 67.4 Å². The lowest BCUT2D eigenvalue weighted by molar-refractivity contribution is 0.200. The van der Waals surface area contributed by atoms with Crippen LogP contribution in [0.15, 0.2) is 0 Å². The first-order chi connectivity index (χ1) is 7.06. The normalized spacial score (nSPS) is 34.0. The van der Waals surface area contributed by atoms with E-state index in [1.54, 1.807) is 6.92 Å². The summed E-state index contributed by atoms with van der Waals surface area (Å²) in [5.41, 5.74) is 0. The van der Waals surface area contributed by atoms with Crippen LogP contribution in [0.3, 0.4) is 0 Å². The summed E-state index contributed by atoms with van der Waals surface area (Å²) in [7, 11) is -1.69. The number of halogens is 1. The van der Waals surface area contributed by atoms with Gasteiger partial charge in [-0.1, -0.05) is 0 Å². The lowest BCUT2D eigenvalue weighted by Crippen LogP contribution is -2.39. The van der Waals surface area contributed by atoms with Gasteiger partial charge in [-0.25, -0.2) is 13.1 Å². The van der Waals surface area contributed by atoms with Crippen molar-refractivity contribution in [2.24, 2.45) is 11.8 Å². The van der Waals surface area contributed by atoms with Crippen molar-refractivity contribution in [2.75, 3.05) is 26.8 Å². The van der Waals surface area contributed by atoms with Crippen molar-refractivity contribution in [3.63, 3.8) is 0 Å². The number of fused-ring (bicyclic) bond motifs is 1. The van der Waals surface area contributed by atoms with Gasteiger partial charge in [-0.15, -0.1) is 12.4 Å². The molecule has 16 heavy (non-hydrogen) atoms. The zero-order valence-corrected chi connectivity index (χ0v) is 11.1. The third kappa shape index (κ3) is 2.68. The van der Waals surface area contributed by atoms with Crippen LogP contribution in [0.5, 0.6) is 0 Å². The van der Waals surface area contributed by atoms with Crippen molar-refractivity contribution in [3.8, 4) is 0 Å². The third-order valence-corrected chi connectivity index (χ3v) is 5.12. The fourth-order valence-electron chi connectivity index (χ4n) is 2.22. The average molecular weight is 271 g/mol. The maximum atomic E-state index is 11.8. The van der Waals surface area contributed by atoms with E-state index >= 15 is 0 Å². The van der Waals surface area contributed by atoms with Crippen LogP contribution in [0.4, 0.5) is 0 Å². The van der Waals surface area contributed by atoms with Gasteiger partial charge >= 0.3 is 0 Å². The van der Waals surface area contributed by atoms with Gasteiger partial charge in [0.15, 0.2) is 0 Å². The summed E-state index contributed by atoms with van der Waals surface area (Å²) >= 11 is 0. The molecular weight excluding hydrogens is 252 g/mol. The molecule has 0 bridgehead atoms. The van der Waals surface area contributed by atoms with Gasteiger partial charge in [0.05, 0.1) is 11.9 Å². The minimum Gasteiger partial charge on any atom is -0.383 e. The Hall–Kier alpha value is 0.120. The molecule has 0 spiro atoms. The Labute approximate surface area is 103 Å². The highest BCUT2D eigenvalue weighted by atomic mass is 35.5. The first kappa shape index (κ1) is 14.2. The highest BCUT2D eigenvalue weighted by Gasteiger charge is 2.54. The molecule has 1 aliphatic carbocycles. The summed E-state index contributed by atoms with van der Waals surface area (Å²) in [6.45, 7) is 3.80. The molecule has 5 nitrogen and oxygen atoms in total. The van der Waals surface area contributed by atoms with Crippen molar-refractivity contribution in [2.45, 2.75) is 18.2 Å². The number of hydrogen-bond acceptors (Lipinski definition) is 4. The zero-order valence-electron chi connectivity index (χ0n) is 9.47. The SMILES string of the molecule is COCC(C)S(=O)(=O)NC1C2CNCC21.Cl. The molecule has 0 aromatic carbocycles. The summed E-state index contributed by atoms with van der Waals surface area (Å²) < 4.78 is 31.2. The molecule has 0 amide bonds. The molecule has 0 aromatic rings. The highest BCUT2D eigenvalue weighted by Crippen LogP contribution is 2.42. The molecule has 96 valence electrons. The van der Waals surface area contributed by atoms with E-state index in [1.165, 1.54) is 7.11 Å². The van der Waals surface area contributed by atoms with Crippen LogP contribution < -0.4 is 10.0 Å². The van der Waals surface area contributed by atoms with Crippen molar-refractivity contribution < 1.29 is 13.2 Å². The standard InChI is InChI=1S/C9H18N2O3S.ClH/c1-6(5-14-2)15(12,13)11-9-7-3-10-4-8(7)9;/h6-11H,3-5H2,1-2H3;1H. The van der Waals surface area contributed by atoms with Gasteiger partial charge in [-0.3, -0.25) is 0 Å². The second-order valence-electron chi connectivity index (χ2n) is 4.44. The molecule has 1 aliphatic heterocycles. The van der Waals surface area contributed by atoms with Crippen molar-refractivity contribution in [1.82, 2.24) is 10.0 Å². The quantitative estimate of drug-likeness (QED) is 0.712. The monoisotopic (exact) mass is 270 g/mol. The predicted octanol–water partition coefficient (Wildman–Crippen LogP) is -0.420. The minimum absolute atomic E-state index is 0. The largest absolute Gasteiger partial charge is 0.383 e. The average Bonchev–Trinajstić information content (AvgIpc) is 2.64. The molecule has 0 radical (unpaired) electrons. The fraction of sp³-hybridized carbons (Fsp3) is 1.00. The second-order valence-corrected chi connectivity index (χ2v) is 6.57. The second kappa shape index (κ2) is 5.18. The van der Waals surface area contributed by atoms with Crippen LogP contribution >= 0.6 is 12.4 Å². The molecule has 1 saturated heterocycles. The Morgan fingerprint density at radius 1 is 1.44 bits per heavy atom. The molecule has 2 rings (SSSR count). The Morgan fingerprint density at radius 2 is 2.00 bits per heavy atom. The Kier molecular flexibility index (Phi) is 4.59. The van der Waals surface area contributed by atoms with E-state index in [0.717, 1.165) is 13.1 Å². The van der Waals surface area contributed by atoms with Gasteiger partial charge in [0.25, 0.3) is 0 Å². The molecule has 2 aliphatic rings. The molecule has 2 N–H and O–H groups in total. The molecule has 0 aromatic heterocycles. The summed E-state index contributed by atoms with van der Waals surface area (Å²) in [6, 6.07) is 0.163. The van der Waals surface area contributed by atoms with E-state index in [4.69, 9.17) is 4.74 Å². The first-order valence-electron chi connectivity index (χ1n) is 5.27. The van der Waals surface area contributed by atoms with Crippen LogP contribution in [0.25, 0.3) is 0 Å². The van der Waals surface area contributed by atoms with Crippen LogP contribution in [0, 0.1) is 11.8 Å². The molecule has 7 heteroatoms. The minimum atomic E-state index is -3.20. The third-order valence-electron chi connectivity index (χ3n) is 3.32. The van der Waals surface area contributed by atoms with Gasteiger partial charge in [0, 0.05) is 13.2 Å². The van der Waals surface area contributed by atoms with Crippen molar-refractivity contribution in [3.05, 3.63) is 0 Å². The first-order valence-corrected chi connectivity index (χ1v) is 6.81. The lowest BCUT2D eigenvalue weighted by Gasteiger charge is -2.14. The predicted molar refractivity (Wildman–Crippen MR) is 64.3 cm³/mol. The number of sulfonamides is 1. The summed E-state index contributed by atoms with van der Waals surface area (Å²) in [4.78, 5) is 0. The van der Waals surface area contributed by atoms with E-state index in [9.17, 15) is 8.42 Å². The molecule has 1 heterocycles. The maximum absolute atomic E-state index is 11.8. The van der Waals surface area contributed by atoms with E-state index in [-0.39, 0.29) is 25.1 Å². The number of ether oxygens (including phenoxy) is 1. The Morgan fingerprint density at radius 3 is 2.50 bits per heavy atom. The van der Waals surface area contributed by atoms with Gasteiger partial charge in [0.2, 0.25) is 10.0 Å². The summed E-state index contributed by atoms with van der Waals surface area (Å²) in [6.07, 6.45) is 0. The van der Waals surface area contributed by atoms with Gasteiger partial charge in [-0.2, -0.15) is 0 Å². The Balaban J connectivity index is 0.00000128. The summed E-state index contributed by atoms with van der Waals surface area (Å²) in [5, 5.41) is 2.76. The van der Waals surface area contributed by atoms with E-state index < -0.39 is 15.3 Å². The van der Waals surface area contributed by atoms with Crippen LogP contribution in [0.1, 0.15) is 6.92 Å².